The number of anilines is 6. The summed E-state index contributed by atoms with van der Waals surface area (Å²) in [5.41, 5.74) is 32.7. The Morgan fingerprint density at radius 2 is 0.493 bits per heavy atom. The molecule has 0 heterocycles. The first-order valence-corrected chi connectivity index (χ1v) is 26.8. The second-order valence-corrected chi connectivity index (χ2v) is 23.2. The van der Waals surface area contributed by atoms with Crippen molar-refractivity contribution >= 4 is 34.1 Å². The van der Waals surface area contributed by atoms with Gasteiger partial charge in [0, 0.05) is 50.4 Å². The molecule has 0 radical (unpaired) electrons. The molecule has 0 amide bonds. The van der Waals surface area contributed by atoms with Gasteiger partial charge in [0.1, 0.15) is 0 Å². The lowest BCUT2D eigenvalue weighted by molar-refractivity contribution is 0.660. The van der Waals surface area contributed by atoms with E-state index in [-0.39, 0.29) is 16.2 Å². The Labute approximate surface area is 444 Å². The fourth-order valence-electron chi connectivity index (χ4n) is 13.6. The van der Waals surface area contributed by atoms with Crippen LogP contribution in [0.25, 0.3) is 55.6 Å². The van der Waals surface area contributed by atoms with Crippen LogP contribution in [0.3, 0.4) is 0 Å². The third-order valence-corrected chi connectivity index (χ3v) is 17.6. The van der Waals surface area contributed by atoms with Crippen molar-refractivity contribution in [3.63, 3.8) is 0 Å². The van der Waals surface area contributed by atoms with Crippen molar-refractivity contribution in [2.75, 3.05) is 9.80 Å². The molecule has 0 unspecified atom stereocenters. The van der Waals surface area contributed by atoms with Crippen molar-refractivity contribution in [1.82, 2.24) is 0 Å². The average Bonchev–Trinajstić information content (AvgIpc) is 3.96. The van der Waals surface area contributed by atoms with Crippen LogP contribution >= 0.6 is 0 Å². The molecule has 10 aromatic rings. The Morgan fingerprint density at radius 1 is 0.240 bits per heavy atom. The third-order valence-electron chi connectivity index (χ3n) is 17.6. The lowest BCUT2D eigenvalue weighted by atomic mass is 9.81. The minimum Gasteiger partial charge on any atom is -0.310 e. The number of aryl methyl sites for hydroxylation is 4. The number of hydrogen-bond acceptors (Lipinski definition) is 2. The zero-order valence-corrected chi connectivity index (χ0v) is 45.0. The highest BCUT2D eigenvalue weighted by atomic mass is 15.1. The van der Waals surface area contributed by atoms with E-state index in [1.54, 1.807) is 0 Å². The summed E-state index contributed by atoms with van der Waals surface area (Å²) in [5.74, 6) is 0. The highest BCUT2D eigenvalue weighted by Crippen LogP contribution is 2.56. The van der Waals surface area contributed by atoms with E-state index in [1.807, 2.05) is 0 Å². The molecule has 0 N–H and O–H groups in total. The largest absolute Gasteiger partial charge is 0.310 e. The van der Waals surface area contributed by atoms with Crippen LogP contribution in [0, 0.1) is 27.7 Å². The van der Waals surface area contributed by atoms with Crippen molar-refractivity contribution in [3.05, 3.63) is 262 Å². The first-order valence-electron chi connectivity index (χ1n) is 26.8. The molecule has 366 valence electrons. The Kier molecular flexibility index (Phi) is 10.5. The molecular weight excluding hydrogens is 905 g/mol. The second-order valence-electron chi connectivity index (χ2n) is 23.2. The molecule has 0 spiro atoms. The minimum atomic E-state index is -0.296. The Hall–Kier alpha value is -8.20. The monoisotopic (exact) mass is 969 g/mol. The molecule has 3 aliphatic rings. The molecule has 0 bridgehead atoms. The molecule has 10 aromatic carbocycles. The number of benzene rings is 10. The van der Waals surface area contributed by atoms with Crippen LogP contribution in [0.15, 0.2) is 206 Å². The van der Waals surface area contributed by atoms with Gasteiger partial charge in [-0.1, -0.05) is 175 Å². The van der Waals surface area contributed by atoms with Gasteiger partial charge in [-0.25, -0.2) is 0 Å². The van der Waals surface area contributed by atoms with Gasteiger partial charge in [0.2, 0.25) is 0 Å². The predicted molar refractivity (Wildman–Crippen MR) is 318 cm³/mol. The summed E-state index contributed by atoms with van der Waals surface area (Å²) in [5, 5.41) is 0. The summed E-state index contributed by atoms with van der Waals surface area (Å²) in [6, 6.07) is 78.3. The molecule has 75 heavy (non-hydrogen) atoms. The van der Waals surface area contributed by atoms with Crippen molar-refractivity contribution < 1.29 is 0 Å². The highest BCUT2D eigenvalue weighted by Gasteiger charge is 2.40. The van der Waals surface area contributed by atoms with Gasteiger partial charge in [0.05, 0.1) is 0 Å². The Balaban J connectivity index is 0.927. The molecule has 2 nitrogen and oxygen atoms in total. The lowest BCUT2D eigenvalue weighted by Gasteiger charge is -2.30. The van der Waals surface area contributed by atoms with E-state index in [1.165, 1.54) is 111 Å². The van der Waals surface area contributed by atoms with Gasteiger partial charge in [-0.05, 0) is 212 Å². The van der Waals surface area contributed by atoms with Crippen LogP contribution in [0.1, 0.15) is 97.2 Å². The topological polar surface area (TPSA) is 6.48 Å². The molecular formula is C73H64N2. The molecule has 0 saturated carbocycles. The molecule has 13 rings (SSSR count). The molecule has 2 heteroatoms. The summed E-state index contributed by atoms with van der Waals surface area (Å²) in [7, 11) is 0. The summed E-state index contributed by atoms with van der Waals surface area (Å²) in [4.78, 5) is 4.96. The van der Waals surface area contributed by atoms with E-state index in [2.05, 4.69) is 285 Å². The van der Waals surface area contributed by atoms with Gasteiger partial charge in [-0.3, -0.25) is 0 Å². The lowest BCUT2D eigenvalue weighted by Crippen LogP contribution is -2.18. The van der Waals surface area contributed by atoms with E-state index in [9.17, 15) is 0 Å². The van der Waals surface area contributed by atoms with E-state index in [0.717, 1.165) is 34.1 Å². The molecule has 0 fully saturated rings. The van der Waals surface area contributed by atoms with Gasteiger partial charge in [0.25, 0.3) is 0 Å². The fraction of sp³-hybridized carbons (Fsp3) is 0.178. The summed E-state index contributed by atoms with van der Waals surface area (Å²) in [6.45, 7) is 23.2. The molecule has 0 aliphatic heterocycles. The Bertz CT molecular complexity index is 3660. The normalized spacial score (nSPS) is 14.6. The van der Waals surface area contributed by atoms with Crippen molar-refractivity contribution in [3.8, 4) is 55.6 Å². The SMILES string of the molecule is Cc1cccc(C)c1-c1ccc(N(c2ccc3c(c2)C(C)(C)c2ccccc2-3)c2ccc3c(c2)C(C)(C)c2cc(N(c4ccc(-c5c(C)cccc5C)cc4)c4ccc5c(c4)C(C)(C)c4ccccc4-5)ccc2-3)cc1. The summed E-state index contributed by atoms with van der Waals surface area (Å²) < 4.78 is 0. The van der Waals surface area contributed by atoms with Crippen molar-refractivity contribution in [2.24, 2.45) is 0 Å². The average molecular weight is 969 g/mol. The molecule has 3 aliphatic carbocycles. The number of rotatable bonds is 8. The smallest absolute Gasteiger partial charge is 0.0465 e. The van der Waals surface area contributed by atoms with Crippen LogP contribution < -0.4 is 9.80 Å². The van der Waals surface area contributed by atoms with Crippen LogP contribution in [0.5, 0.6) is 0 Å². The van der Waals surface area contributed by atoms with E-state index in [0.29, 0.717) is 0 Å². The maximum atomic E-state index is 2.48. The summed E-state index contributed by atoms with van der Waals surface area (Å²) in [6.07, 6.45) is 0. The third kappa shape index (κ3) is 7.13. The maximum absolute atomic E-state index is 2.48. The first-order chi connectivity index (χ1) is 36.1. The van der Waals surface area contributed by atoms with E-state index in [4.69, 9.17) is 0 Å². The Morgan fingerprint density at radius 3 is 0.800 bits per heavy atom. The van der Waals surface area contributed by atoms with E-state index < -0.39 is 0 Å². The van der Waals surface area contributed by atoms with Crippen LogP contribution in [0.2, 0.25) is 0 Å². The van der Waals surface area contributed by atoms with Gasteiger partial charge in [-0.2, -0.15) is 0 Å². The van der Waals surface area contributed by atoms with Gasteiger partial charge >= 0.3 is 0 Å². The highest BCUT2D eigenvalue weighted by molar-refractivity contribution is 5.92. The number of fused-ring (bicyclic) bond motifs is 9. The fourth-order valence-corrected chi connectivity index (χ4v) is 13.6. The number of hydrogen-bond donors (Lipinski definition) is 0. The first kappa shape index (κ1) is 46.6. The number of nitrogens with zero attached hydrogens (tertiary/aromatic N) is 2. The molecule has 0 saturated heterocycles. The minimum absolute atomic E-state index is 0.129. The van der Waals surface area contributed by atoms with Gasteiger partial charge in [0.15, 0.2) is 0 Å². The van der Waals surface area contributed by atoms with Crippen LogP contribution in [-0.4, -0.2) is 0 Å². The predicted octanol–water partition coefficient (Wildman–Crippen LogP) is 20.1. The molecule has 0 atom stereocenters. The second kappa shape index (κ2) is 16.9. The zero-order valence-electron chi connectivity index (χ0n) is 45.0. The summed E-state index contributed by atoms with van der Waals surface area (Å²) >= 11 is 0. The zero-order chi connectivity index (χ0) is 51.7. The maximum Gasteiger partial charge on any atom is 0.0465 e. The van der Waals surface area contributed by atoms with Crippen LogP contribution in [-0.2, 0) is 16.2 Å². The molecule has 0 aromatic heterocycles. The quantitative estimate of drug-likeness (QED) is 0.150. The van der Waals surface area contributed by atoms with Crippen molar-refractivity contribution in [1.29, 1.82) is 0 Å². The van der Waals surface area contributed by atoms with Gasteiger partial charge in [-0.15, -0.1) is 0 Å². The van der Waals surface area contributed by atoms with Crippen molar-refractivity contribution in [2.45, 2.75) is 85.5 Å². The van der Waals surface area contributed by atoms with E-state index >= 15 is 0 Å². The van der Waals surface area contributed by atoms with Crippen LogP contribution in [0.4, 0.5) is 34.1 Å². The van der Waals surface area contributed by atoms with Gasteiger partial charge < -0.3 is 9.80 Å². The standard InChI is InChI=1S/C73H64N2/c1-45-17-15-18-46(2)69(45)49-25-29-51(30-26-49)74(53-33-37-59-57-21-11-13-23-63(57)71(5,6)65(59)41-53)55-35-39-61-62-40-36-56(44-68(62)73(9,10)67(61)43-55)75(52-31-27-50(28-32-52)70-47(3)19-16-20-48(70)4)54-34-38-60-58-22-12-14-24-64(58)72(7,8)66(60)42-54/h11-44H,1-10H3.